The van der Waals surface area contributed by atoms with E-state index in [4.69, 9.17) is 4.74 Å². The molecule has 1 amide bonds. The molecule has 9 heteroatoms. The maximum Gasteiger partial charge on any atom is 0.329 e. The molecular weight excluding hydrogens is 343 g/mol. The number of carbonyl (C=O) groups is 1. The molecule has 0 radical (unpaired) electrons. The molecule has 0 saturated carbocycles. The van der Waals surface area contributed by atoms with E-state index in [1.165, 1.54) is 43.4 Å². The molecule has 3 aromatic rings. The molecular formula is C17H15FN4O4. The molecule has 0 aliphatic heterocycles. The summed E-state index contributed by atoms with van der Waals surface area (Å²) in [6.45, 7) is 0.382. The van der Waals surface area contributed by atoms with Crippen molar-refractivity contribution in [3.05, 3.63) is 68.7 Å². The van der Waals surface area contributed by atoms with Crippen molar-refractivity contribution < 1.29 is 13.9 Å². The molecule has 2 aromatic heterocycles. The standard InChI is InChI=1S/C17H15FN4O4/c1-22-14-12(15(23)21-17(22)25)6-7-13(20-14)16(24)19-8-9-26-11-4-2-10(18)3-5-11/h2-7H,8-9H2,1H3,(H,19,24)(H,21,23,25). The molecule has 2 heterocycles. The van der Waals surface area contributed by atoms with Gasteiger partial charge in [0.2, 0.25) is 0 Å². The molecule has 0 unspecified atom stereocenters. The zero-order valence-corrected chi connectivity index (χ0v) is 13.8. The number of benzene rings is 1. The number of ether oxygens (including phenoxy) is 1. The van der Waals surface area contributed by atoms with Crippen LogP contribution in [0.2, 0.25) is 0 Å². The second kappa shape index (κ2) is 7.18. The van der Waals surface area contributed by atoms with Gasteiger partial charge in [-0.25, -0.2) is 14.2 Å². The van der Waals surface area contributed by atoms with Crippen molar-refractivity contribution in [2.24, 2.45) is 7.05 Å². The predicted octanol–water partition coefficient (Wildman–Crippen LogP) is 0.570. The van der Waals surface area contributed by atoms with Crippen LogP contribution in [0.1, 0.15) is 10.5 Å². The van der Waals surface area contributed by atoms with E-state index >= 15 is 0 Å². The highest BCUT2D eigenvalue weighted by Crippen LogP contribution is 2.10. The first-order chi connectivity index (χ1) is 12.5. The molecule has 0 spiro atoms. The lowest BCUT2D eigenvalue weighted by Gasteiger charge is -2.08. The fraction of sp³-hybridized carbons (Fsp3) is 0.176. The number of H-pyrrole nitrogens is 1. The molecule has 3 rings (SSSR count). The summed E-state index contributed by atoms with van der Waals surface area (Å²) in [6, 6.07) is 8.36. The predicted molar refractivity (Wildman–Crippen MR) is 91.8 cm³/mol. The summed E-state index contributed by atoms with van der Waals surface area (Å²) in [7, 11) is 1.45. The van der Waals surface area contributed by atoms with Gasteiger partial charge >= 0.3 is 5.69 Å². The van der Waals surface area contributed by atoms with E-state index in [2.05, 4.69) is 15.3 Å². The number of nitrogens with zero attached hydrogens (tertiary/aromatic N) is 2. The minimum Gasteiger partial charge on any atom is -0.492 e. The van der Waals surface area contributed by atoms with Crippen LogP contribution < -0.4 is 21.3 Å². The number of pyridine rings is 1. The van der Waals surface area contributed by atoms with Crippen LogP contribution in [0, 0.1) is 5.82 Å². The van der Waals surface area contributed by atoms with Crippen LogP contribution >= 0.6 is 0 Å². The monoisotopic (exact) mass is 358 g/mol. The highest BCUT2D eigenvalue weighted by atomic mass is 19.1. The van der Waals surface area contributed by atoms with Crippen LogP contribution in [0.4, 0.5) is 4.39 Å². The Morgan fingerprint density at radius 2 is 1.96 bits per heavy atom. The summed E-state index contributed by atoms with van der Waals surface area (Å²) >= 11 is 0. The SMILES string of the molecule is Cn1c(=O)[nH]c(=O)c2ccc(C(=O)NCCOc3ccc(F)cc3)nc21. The zero-order chi connectivity index (χ0) is 18.7. The van der Waals surface area contributed by atoms with Crippen molar-refractivity contribution in [3.63, 3.8) is 0 Å². The second-order valence-electron chi connectivity index (χ2n) is 5.44. The van der Waals surface area contributed by atoms with Gasteiger partial charge in [-0.3, -0.25) is 19.1 Å². The number of nitrogens with one attached hydrogen (secondary N) is 2. The average molecular weight is 358 g/mol. The molecule has 0 aliphatic rings. The van der Waals surface area contributed by atoms with E-state index in [1.807, 2.05) is 0 Å². The molecule has 2 N–H and O–H groups in total. The van der Waals surface area contributed by atoms with Gasteiger partial charge in [-0.2, -0.15) is 0 Å². The molecule has 0 saturated heterocycles. The number of halogens is 1. The normalized spacial score (nSPS) is 10.7. The first kappa shape index (κ1) is 17.3. The Hall–Kier alpha value is -3.49. The Morgan fingerprint density at radius 3 is 2.69 bits per heavy atom. The molecule has 8 nitrogen and oxygen atoms in total. The molecule has 0 fully saturated rings. The summed E-state index contributed by atoms with van der Waals surface area (Å²) in [6.07, 6.45) is 0. The number of fused-ring (bicyclic) bond motifs is 1. The van der Waals surface area contributed by atoms with Gasteiger partial charge in [0, 0.05) is 7.05 Å². The van der Waals surface area contributed by atoms with Gasteiger partial charge in [0.05, 0.1) is 11.9 Å². The van der Waals surface area contributed by atoms with Crippen LogP contribution in [-0.4, -0.2) is 33.6 Å². The third kappa shape index (κ3) is 3.61. The molecule has 0 aliphatic carbocycles. The van der Waals surface area contributed by atoms with Gasteiger partial charge in [0.1, 0.15) is 29.5 Å². The molecule has 26 heavy (non-hydrogen) atoms. The van der Waals surface area contributed by atoms with Crippen molar-refractivity contribution in [3.8, 4) is 5.75 Å². The number of hydrogen-bond acceptors (Lipinski definition) is 5. The first-order valence-electron chi connectivity index (χ1n) is 7.72. The Morgan fingerprint density at radius 1 is 1.23 bits per heavy atom. The molecule has 134 valence electrons. The number of rotatable bonds is 5. The second-order valence-corrected chi connectivity index (χ2v) is 5.44. The quantitative estimate of drug-likeness (QED) is 0.649. The Kier molecular flexibility index (Phi) is 4.78. The largest absolute Gasteiger partial charge is 0.492 e. The fourth-order valence-electron chi connectivity index (χ4n) is 2.31. The van der Waals surface area contributed by atoms with Gasteiger partial charge in [-0.05, 0) is 36.4 Å². The van der Waals surface area contributed by atoms with Crippen molar-refractivity contribution in [1.29, 1.82) is 0 Å². The van der Waals surface area contributed by atoms with Crippen LogP contribution in [-0.2, 0) is 7.05 Å². The van der Waals surface area contributed by atoms with Gasteiger partial charge < -0.3 is 10.1 Å². The molecule has 0 atom stereocenters. The topological polar surface area (TPSA) is 106 Å². The summed E-state index contributed by atoms with van der Waals surface area (Å²) in [5.74, 6) is -0.345. The van der Waals surface area contributed by atoms with Gasteiger partial charge in [0.15, 0.2) is 0 Å². The summed E-state index contributed by atoms with van der Waals surface area (Å²) in [5.41, 5.74) is -0.982. The summed E-state index contributed by atoms with van der Waals surface area (Å²) in [4.78, 5) is 41.8. The summed E-state index contributed by atoms with van der Waals surface area (Å²) < 4.78 is 19.3. The van der Waals surface area contributed by atoms with Crippen LogP contribution in [0.5, 0.6) is 5.75 Å². The Bertz CT molecular complexity index is 1070. The number of aromatic amines is 1. The van der Waals surface area contributed by atoms with E-state index in [1.54, 1.807) is 0 Å². The van der Waals surface area contributed by atoms with E-state index in [0.717, 1.165) is 4.57 Å². The van der Waals surface area contributed by atoms with Gasteiger partial charge in [0.25, 0.3) is 11.5 Å². The van der Waals surface area contributed by atoms with Crippen molar-refractivity contribution in [2.75, 3.05) is 13.2 Å². The minimum absolute atomic E-state index is 0.0693. The minimum atomic E-state index is -0.611. The lowest BCUT2D eigenvalue weighted by atomic mass is 10.2. The third-order valence-electron chi connectivity index (χ3n) is 3.67. The molecule has 1 aromatic carbocycles. The zero-order valence-electron chi connectivity index (χ0n) is 13.8. The lowest BCUT2D eigenvalue weighted by molar-refractivity contribution is 0.0942. The maximum atomic E-state index is 12.8. The first-order valence-corrected chi connectivity index (χ1v) is 7.72. The van der Waals surface area contributed by atoms with E-state index in [-0.39, 0.29) is 35.7 Å². The van der Waals surface area contributed by atoms with E-state index in [0.29, 0.717) is 5.75 Å². The van der Waals surface area contributed by atoms with E-state index in [9.17, 15) is 18.8 Å². The van der Waals surface area contributed by atoms with E-state index < -0.39 is 17.2 Å². The number of hydrogen-bond donors (Lipinski definition) is 2. The van der Waals surface area contributed by atoms with Crippen molar-refractivity contribution in [2.45, 2.75) is 0 Å². The number of aromatic nitrogens is 3. The third-order valence-corrected chi connectivity index (χ3v) is 3.67. The van der Waals surface area contributed by atoms with Crippen molar-refractivity contribution >= 4 is 16.9 Å². The fourth-order valence-corrected chi connectivity index (χ4v) is 2.31. The van der Waals surface area contributed by atoms with Crippen LogP contribution in [0.25, 0.3) is 11.0 Å². The lowest BCUT2D eigenvalue weighted by Crippen LogP contribution is -2.31. The number of aryl methyl sites for hydroxylation is 1. The molecule has 0 bridgehead atoms. The smallest absolute Gasteiger partial charge is 0.329 e. The van der Waals surface area contributed by atoms with Gasteiger partial charge in [-0.15, -0.1) is 0 Å². The van der Waals surface area contributed by atoms with Gasteiger partial charge in [-0.1, -0.05) is 0 Å². The highest BCUT2D eigenvalue weighted by Gasteiger charge is 2.11. The maximum absolute atomic E-state index is 12.8. The highest BCUT2D eigenvalue weighted by molar-refractivity contribution is 5.94. The number of amides is 1. The average Bonchev–Trinajstić information content (AvgIpc) is 2.64. The van der Waals surface area contributed by atoms with Crippen molar-refractivity contribution in [1.82, 2.24) is 19.9 Å². The van der Waals surface area contributed by atoms with Crippen LogP contribution in [0.3, 0.4) is 0 Å². The Labute approximate surface area is 146 Å². The van der Waals surface area contributed by atoms with Crippen LogP contribution in [0.15, 0.2) is 46.0 Å². The number of carbonyl (C=O) groups excluding carboxylic acids is 1. The summed E-state index contributed by atoms with van der Waals surface area (Å²) in [5, 5.41) is 2.83. The Balaban J connectivity index is 1.66.